The van der Waals surface area contributed by atoms with Gasteiger partial charge in [0.05, 0.1) is 24.6 Å². The number of phenols is 2. The zero-order chi connectivity index (χ0) is 23.9. The van der Waals surface area contributed by atoms with Crippen LogP contribution in [0.15, 0.2) is 93.3 Å². The molecule has 4 aromatic rings. The molecule has 0 saturated carbocycles. The van der Waals surface area contributed by atoms with E-state index in [1.54, 1.807) is 60.7 Å². The maximum atomic E-state index is 10.7. The zero-order valence-electron chi connectivity index (χ0n) is 18.8. The Morgan fingerprint density at radius 1 is 0.559 bits per heavy atom. The Morgan fingerprint density at radius 3 is 1.29 bits per heavy atom. The fourth-order valence-electron chi connectivity index (χ4n) is 3.34. The van der Waals surface area contributed by atoms with Crippen molar-refractivity contribution in [2.24, 2.45) is 20.5 Å². The Morgan fingerprint density at radius 2 is 0.941 bits per heavy atom. The van der Waals surface area contributed by atoms with Crippen molar-refractivity contribution in [3.8, 4) is 23.0 Å². The van der Waals surface area contributed by atoms with Crippen LogP contribution in [-0.4, -0.2) is 23.4 Å². The Bertz CT molecular complexity index is 1230. The molecular formula is C26H24N4O4. The van der Waals surface area contributed by atoms with E-state index in [2.05, 4.69) is 20.5 Å². The van der Waals surface area contributed by atoms with Gasteiger partial charge in [-0.25, -0.2) is 0 Å². The van der Waals surface area contributed by atoms with Crippen molar-refractivity contribution < 1.29 is 19.7 Å². The first-order valence-electron chi connectivity index (χ1n) is 10.9. The third-order valence-corrected chi connectivity index (χ3v) is 4.94. The fraction of sp³-hybridized carbons (Fsp3) is 0.154. The van der Waals surface area contributed by atoms with Crippen LogP contribution in [0.4, 0.5) is 22.7 Å². The van der Waals surface area contributed by atoms with Crippen LogP contribution in [0.3, 0.4) is 0 Å². The van der Waals surface area contributed by atoms with Gasteiger partial charge in [-0.1, -0.05) is 24.3 Å². The molecular weight excluding hydrogens is 432 g/mol. The van der Waals surface area contributed by atoms with Crippen LogP contribution in [0.5, 0.6) is 23.0 Å². The zero-order valence-corrected chi connectivity index (χ0v) is 18.8. The van der Waals surface area contributed by atoms with Crippen LogP contribution in [0.2, 0.25) is 0 Å². The Hall–Kier alpha value is -4.46. The lowest BCUT2D eigenvalue weighted by molar-refractivity contribution is 0.340. The van der Waals surface area contributed by atoms with Crippen molar-refractivity contribution in [3.63, 3.8) is 0 Å². The summed E-state index contributed by atoms with van der Waals surface area (Å²) in [5.41, 5.74) is 1.43. The maximum absolute atomic E-state index is 10.7. The minimum atomic E-state index is -0.422. The van der Waals surface area contributed by atoms with E-state index in [9.17, 15) is 10.2 Å². The third-order valence-electron chi connectivity index (χ3n) is 4.94. The topological polar surface area (TPSA) is 108 Å². The first-order chi connectivity index (χ1) is 16.6. The predicted molar refractivity (Wildman–Crippen MR) is 131 cm³/mol. The highest BCUT2D eigenvalue weighted by atomic mass is 16.5. The second-order valence-corrected chi connectivity index (χ2v) is 7.19. The fourth-order valence-corrected chi connectivity index (χ4v) is 3.34. The molecule has 2 N–H and O–H groups in total. The summed E-state index contributed by atoms with van der Waals surface area (Å²) in [6.45, 7) is 4.97. The lowest BCUT2D eigenvalue weighted by atomic mass is 10.1. The van der Waals surface area contributed by atoms with Crippen LogP contribution in [0.1, 0.15) is 13.8 Å². The van der Waals surface area contributed by atoms with Crippen LogP contribution < -0.4 is 9.47 Å². The summed E-state index contributed by atoms with van der Waals surface area (Å²) in [6.07, 6.45) is 0. The van der Waals surface area contributed by atoms with Gasteiger partial charge in [-0.05, 0) is 62.4 Å². The van der Waals surface area contributed by atoms with E-state index in [1.165, 1.54) is 0 Å². The van der Waals surface area contributed by atoms with Crippen molar-refractivity contribution in [1.82, 2.24) is 0 Å². The maximum Gasteiger partial charge on any atom is 0.188 e. The molecule has 172 valence electrons. The van der Waals surface area contributed by atoms with Gasteiger partial charge in [-0.2, -0.15) is 10.2 Å². The van der Waals surface area contributed by atoms with Gasteiger partial charge >= 0.3 is 0 Å². The smallest absolute Gasteiger partial charge is 0.188 e. The molecule has 4 aromatic carbocycles. The molecule has 8 nitrogen and oxygen atoms in total. The second-order valence-electron chi connectivity index (χ2n) is 7.19. The minimum Gasteiger partial charge on any atom is -0.503 e. The van der Waals surface area contributed by atoms with Crippen LogP contribution in [0, 0.1) is 0 Å². The van der Waals surface area contributed by atoms with Gasteiger partial charge in [0.25, 0.3) is 0 Å². The van der Waals surface area contributed by atoms with Crippen molar-refractivity contribution in [3.05, 3.63) is 72.8 Å². The number of phenolic OH excluding ortho intramolecular Hbond substituents is 2. The third kappa shape index (κ3) is 4.96. The van der Waals surface area contributed by atoms with Gasteiger partial charge < -0.3 is 19.7 Å². The van der Waals surface area contributed by atoms with Crippen molar-refractivity contribution in [1.29, 1.82) is 0 Å². The highest BCUT2D eigenvalue weighted by Crippen LogP contribution is 2.50. The molecule has 8 heteroatoms. The predicted octanol–water partition coefficient (Wildman–Crippen LogP) is 7.88. The summed E-state index contributed by atoms with van der Waals surface area (Å²) >= 11 is 0. The summed E-state index contributed by atoms with van der Waals surface area (Å²) in [5.74, 6) is 0.618. The van der Waals surface area contributed by atoms with Gasteiger partial charge in [0.1, 0.15) is 22.9 Å². The largest absolute Gasteiger partial charge is 0.503 e. The monoisotopic (exact) mass is 456 g/mol. The average molecular weight is 457 g/mol. The highest BCUT2D eigenvalue weighted by Gasteiger charge is 2.19. The quantitative estimate of drug-likeness (QED) is 0.208. The number of fused-ring (bicyclic) bond motifs is 1. The minimum absolute atomic E-state index is 0.141. The summed E-state index contributed by atoms with van der Waals surface area (Å²) in [5, 5.41) is 39.4. The standard InChI is InChI=1S/C26H24N4O4/c1-3-33-19-13-9-17(10-14-19)27-29-23-21-7-5-6-8-22(21)24(26(32)25(23)31)30-28-18-11-15-20(16-12-18)34-4-2/h5-16,31-32H,3-4H2,1-2H3. The molecule has 0 fully saturated rings. The first kappa shape index (κ1) is 22.7. The van der Waals surface area contributed by atoms with E-state index in [0.717, 1.165) is 11.5 Å². The molecule has 0 heterocycles. The number of hydrogen-bond acceptors (Lipinski definition) is 8. The lowest BCUT2D eigenvalue weighted by Crippen LogP contribution is -1.89. The molecule has 0 unspecified atom stereocenters. The van der Waals surface area contributed by atoms with Crippen molar-refractivity contribution in [2.75, 3.05) is 13.2 Å². The second kappa shape index (κ2) is 10.4. The van der Waals surface area contributed by atoms with E-state index in [-0.39, 0.29) is 11.4 Å². The average Bonchev–Trinajstić information content (AvgIpc) is 2.86. The van der Waals surface area contributed by atoms with Gasteiger partial charge in [0, 0.05) is 10.8 Å². The van der Waals surface area contributed by atoms with Gasteiger partial charge in [0.15, 0.2) is 11.5 Å². The number of rotatable bonds is 8. The molecule has 0 aliphatic heterocycles. The number of ether oxygens (including phenoxy) is 2. The molecule has 0 atom stereocenters. The number of hydrogen-bond donors (Lipinski definition) is 2. The van der Waals surface area contributed by atoms with Gasteiger partial charge in [-0.15, -0.1) is 10.2 Å². The molecule has 0 bridgehead atoms. The molecule has 0 radical (unpaired) electrons. The number of aromatic hydroxyl groups is 2. The normalized spacial score (nSPS) is 11.5. The number of nitrogens with zero attached hydrogens (tertiary/aromatic N) is 4. The molecule has 4 rings (SSSR count). The molecule has 0 saturated heterocycles. The van der Waals surface area contributed by atoms with E-state index in [4.69, 9.17) is 9.47 Å². The summed E-state index contributed by atoms with van der Waals surface area (Å²) in [6, 6.07) is 21.3. The molecule has 0 amide bonds. The summed E-state index contributed by atoms with van der Waals surface area (Å²) in [4.78, 5) is 0. The summed E-state index contributed by atoms with van der Waals surface area (Å²) < 4.78 is 10.9. The van der Waals surface area contributed by atoms with Gasteiger partial charge in [0.2, 0.25) is 0 Å². The molecule has 0 aliphatic carbocycles. The molecule has 34 heavy (non-hydrogen) atoms. The van der Waals surface area contributed by atoms with E-state index in [1.807, 2.05) is 26.0 Å². The SMILES string of the molecule is CCOc1ccc(N=Nc2c(O)c(O)c(N=Nc3ccc(OCC)cc3)c3ccccc23)cc1. The van der Waals surface area contributed by atoms with Crippen LogP contribution in [-0.2, 0) is 0 Å². The number of benzene rings is 4. The van der Waals surface area contributed by atoms with E-state index in [0.29, 0.717) is 35.4 Å². The van der Waals surface area contributed by atoms with Crippen molar-refractivity contribution in [2.45, 2.75) is 13.8 Å². The Labute approximate surface area is 196 Å². The highest BCUT2D eigenvalue weighted by molar-refractivity contribution is 6.05. The lowest BCUT2D eigenvalue weighted by Gasteiger charge is -2.10. The Kier molecular flexibility index (Phi) is 6.98. The van der Waals surface area contributed by atoms with E-state index < -0.39 is 11.5 Å². The molecule has 0 aliphatic rings. The van der Waals surface area contributed by atoms with Crippen LogP contribution >= 0.6 is 0 Å². The van der Waals surface area contributed by atoms with Gasteiger partial charge in [-0.3, -0.25) is 0 Å². The first-order valence-corrected chi connectivity index (χ1v) is 10.9. The Balaban J connectivity index is 1.69. The molecule has 0 aromatic heterocycles. The molecule has 0 spiro atoms. The van der Waals surface area contributed by atoms with Crippen molar-refractivity contribution >= 4 is 33.5 Å². The van der Waals surface area contributed by atoms with E-state index >= 15 is 0 Å². The number of azo groups is 2. The summed E-state index contributed by atoms with van der Waals surface area (Å²) in [7, 11) is 0. The van der Waals surface area contributed by atoms with Crippen LogP contribution in [0.25, 0.3) is 10.8 Å².